The average molecular weight is 581 g/mol. The smallest absolute Gasteiger partial charge is 0.349 e. The quantitative estimate of drug-likeness (QED) is 0.350. The number of carbonyl (C=O) groups excluding carboxylic acids is 3. The minimum atomic E-state index is -2.21. The molecule has 3 rings (SSSR count). The monoisotopic (exact) mass is 579 g/mol. The molecule has 0 saturated carbocycles. The molecule has 11 heteroatoms. The van der Waals surface area contributed by atoms with Crippen molar-refractivity contribution in [2.24, 2.45) is 0 Å². The number of anilines is 1. The second kappa shape index (κ2) is 11.8. The van der Waals surface area contributed by atoms with E-state index < -0.39 is 36.0 Å². The number of hydrogen-bond acceptors (Lipinski definition) is 6. The van der Waals surface area contributed by atoms with Gasteiger partial charge in [0.1, 0.15) is 0 Å². The lowest BCUT2D eigenvalue weighted by Gasteiger charge is -2.24. The Morgan fingerprint density at radius 2 is 1.29 bits per heavy atom. The number of carboxylic acids is 1. The third-order valence-corrected chi connectivity index (χ3v) is 5.68. The fraction of sp³-hybridized carbons (Fsp3) is 0.0833. The number of nitrogens with one attached hydrogen (secondary N) is 1. The molecule has 0 aliphatic heterocycles. The molecule has 2 N–H and O–H groups in total. The van der Waals surface area contributed by atoms with E-state index in [1.807, 2.05) is 0 Å². The van der Waals surface area contributed by atoms with E-state index in [0.717, 1.165) is 0 Å². The molecule has 180 valence electrons. The molecule has 0 unspecified atom stereocenters. The predicted molar refractivity (Wildman–Crippen MR) is 132 cm³/mol. The van der Waals surface area contributed by atoms with E-state index in [-0.39, 0.29) is 26.9 Å². The van der Waals surface area contributed by atoms with Gasteiger partial charge in [0.25, 0.3) is 5.91 Å². The van der Waals surface area contributed by atoms with Crippen LogP contribution in [0.15, 0.2) is 77.3 Å². The van der Waals surface area contributed by atoms with Gasteiger partial charge in [-0.2, -0.15) is 0 Å². The van der Waals surface area contributed by atoms with E-state index >= 15 is 0 Å². The highest BCUT2D eigenvalue weighted by atomic mass is 79.9. The van der Waals surface area contributed by atoms with Gasteiger partial charge in [0.2, 0.25) is 12.2 Å². The van der Waals surface area contributed by atoms with Crippen LogP contribution in [0.3, 0.4) is 0 Å². The summed E-state index contributed by atoms with van der Waals surface area (Å²) in [4.78, 5) is 50.6. The fourth-order valence-electron chi connectivity index (χ4n) is 2.89. The van der Waals surface area contributed by atoms with Gasteiger partial charge >= 0.3 is 17.9 Å². The van der Waals surface area contributed by atoms with Gasteiger partial charge in [-0.3, -0.25) is 4.79 Å². The molecule has 0 fully saturated rings. The van der Waals surface area contributed by atoms with E-state index in [0.29, 0.717) is 4.47 Å². The number of carboxylic acid groups (broad SMARTS) is 1. The van der Waals surface area contributed by atoms with Crippen molar-refractivity contribution in [3.05, 3.63) is 98.4 Å². The molecule has 8 nitrogen and oxygen atoms in total. The van der Waals surface area contributed by atoms with Crippen LogP contribution in [-0.4, -0.2) is 41.1 Å². The molecule has 0 saturated heterocycles. The lowest BCUT2D eigenvalue weighted by Crippen LogP contribution is -2.48. The van der Waals surface area contributed by atoms with Crippen molar-refractivity contribution in [3.8, 4) is 0 Å². The molecule has 0 radical (unpaired) electrons. The van der Waals surface area contributed by atoms with Crippen LogP contribution in [0.25, 0.3) is 0 Å². The zero-order chi connectivity index (χ0) is 25.5. The lowest BCUT2D eigenvalue weighted by molar-refractivity contribution is -0.157. The predicted octanol–water partition coefficient (Wildman–Crippen LogP) is 5.23. The van der Waals surface area contributed by atoms with Crippen molar-refractivity contribution in [3.63, 3.8) is 0 Å². The maximum absolute atomic E-state index is 13.1. The summed E-state index contributed by atoms with van der Waals surface area (Å²) < 4.78 is 10.9. The molecule has 2 atom stereocenters. The SMILES string of the molecule is O=C(O[C@H](C(=O)O)[C@H](OC(=O)c1ccccc1Cl)C(=O)Nc1cccc(Br)c1)c1ccccc1Cl. The number of benzene rings is 3. The number of halogens is 3. The summed E-state index contributed by atoms with van der Waals surface area (Å²) >= 11 is 15.3. The van der Waals surface area contributed by atoms with Crippen LogP contribution in [0.5, 0.6) is 0 Å². The normalized spacial score (nSPS) is 12.2. The van der Waals surface area contributed by atoms with Gasteiger partial charge < -0.3 is 19.9 Å². The van der Waals surface area contributed by atoms with Crippen LogP contribution >= 0.6 is 39.1 Å². The van der Waals surface area contributed by atoms with Crippen LogP contribution < -0.4 is 5.32 Å². The Kier molecular flexibility index (Phi) is 8.86. The van der Waals surface area contributed by atoms with E-state index in [4.69, 9.17) is 32.7 Å². The Morgan fingerprint density at radius 1 is 0.771 bits per heavy atom. The highest BCUT2D eigenvalue weighted by molar-refractivity contribution is 9.10. The largest absolute Gasteiger partial charge is 0.478 e. The van der Waals surface area contributed by atoms with Crippen LogP contribution in [0.2, 0.25) is 10.0 Å². The number of esters is 2. The van der Waals surface area contributed by atoms with Gasteiger partial charge in [0.15, 0.2) is 0 Å². The van der Waals surface area contributed by atoms with Gasteiger partial charge in [-0.1, -0.05) is 69.5 Å². The number of aliphatic carboxylic acids is 1. The number of amides is 1. The first-order chi connectivity index (χ1) is 16.7. The second-order valence-electron chi connectivity index (χ2n) is 6.95. The summed E-state index contributed by atoms with van der Waals surface area (Å²) in [5.74, 6) is -5.00. The standard InChI is InChI=1S/C24H16BrCl2NO7/c25-13-6-5-7-14(12-13)28-21(29)19(34-23(32)15-8-1-3-10-17(15)26)20(22(30)31)35-24(33)16-9-2-4-11-18(16)27/h1-12,19-20H,(H,28,29)(H,30,31)/t19-,20-/m0/s1. The van der Waals surface area contributed by atoms with Crippen LogP contribution in [0.4, 0.5) is 5.69 Å². The molecule has 0 heterocycles. The van der Waals surface area contributed by atoms with Crippen molar-refractivity contribution >= 4 is 68.6 Å². The summed E-state index contributed by atoms with van der Waals surface area (Å²) in [6.45, 7) is 0. The number of ether oxygens (including phenoxy) is 2. The number of carbonyl (C=O) groups is 4. The van der Waals surface area contributed by atoms with E-state index in [9.17, 15) is 24.3 Å². The first-order valence-corrected chi connectivity index (χ1v) is 11.4. The van der Waals surface area contributed by atoms with Crippen molar-refractivity contribution in [2.45, 2.75) is 12.2 Å². The number of rotatable bonds is 8. The van der Waals surface area contributed by atoms with Gasteiger partial charge in [-0.05, 0) is 42.5 Å². The molecule has 0 aliphatic rings. The summed E-state index contributed by atoms with van der Waals surface area (Å²) in [6.07, 6.45) is -4.29. The summed E-state index contributed by atoms with van der Waals surface area (Å²) in [6, 6.07) is 18.0. The Balaban J connectivity index is 1.94. The van der Waals surface area contributed by atoms with E-state index in [1.165, 1.54) is 48.5 Å². The molecular weight excluding hydrogens is 565 g/mol. The van der Waals surface area contributed by atoms with E-state index in [1.54, 1.807) is 24.3 Å². The molecule has 3 aromatic carbocycles. The maximum atomic E-state index is 13.1. The molecule has 0 bridgehead atoms. The summed E-state index contributed by atoms with van der Waals surface area (Å²) in [5, 5.41) is 12.3. The third kappa shape index (κ3) is 6.82. The first-order valence-electron chi connectivity index (χ1n) is 9.87. The molecule has 0 spiro atoms. The molecular formula is C24H16BrCl2NO7. The molecule has 1 amide bonds. The Bertz CT molecular complexity index is 1280. The Hall–Kier alpha value is -3.40. The molecule has 3 aromatic rings. The Labute approximate surface area is 217 Å². The summed E-state index contributed by atoms with van der Waals surface area (Å²) in [7, 11) is 0. The molecule has 35 heavy (non-hydrogen) atoms. The zero-order valence-electron chi connectivity index (χ0n) is 17.6. The van der Waals surface area contributed by atoms with Gasteiger partial charge in [0, 0.05) is 10.2 Å². The van der Waals surface area contributed by atoms with Gasteiger partial charge in [-0.25, -0.2) is 14.4 Å². The zero-order valence-corrected chi connectivity index (χ0v) is 20.7. The maximum Gasteiger partial charge on any atom is 0.349 e. The minimum Gasteiger partial charge on any atom is -0.478 e. The van der Waals surface area contributed by atoms with Gasteiger partial charge in [0.05, 0.1) is 21.2 Å². The van der Waals surface area contributed by atoms with Crippen LogP contribution in [-0.2, 0) is 19.1 Å². The molecule has 0 aromatic heterocycles. The highest BCUT2D eigenvalue weighted by Crippen LogP contribution is 2.22. The van der Waals surface area contributed by atoms with Crippen molar-refractivity contribution < 1.29 is 33.8 Å². The fourth-order valence-corrected chi connectivity index (χ4v) is 3.71. The third-order valence-electron chi connectivity index (χ3n) is 4.52. The Morgan fingerprint density at radius 3 is 1.77 bits per heavy atom. The topological polar surface area (TPSA) is 119 Å². The van der Waals surface area contributed by atoms with Crippen LogP contribution in [0.1, 0.15) is 20.7 Å². The first kappa shape index (κ1) is 26.2. The summed E-state index contributed by atoms with van der Waals surface area (Å²) in [5.41, 5.74) is 0.0183. The van der Waals surface area contributed by atoms with E-state index in [2.05, 4.69) is 21.2 Å². The van der Waals surface area contributed by atoms with Gasteiger partial charge in [-0.15, -0.1) is 0 Å². The molecule has 0 aliphatic carbocycles. The number of hydrogen-bond donors (Lipinski definition) is 2. The highest BCUT2D eigenvalue weighted by Gasteiger charge is 2.41. The second-order valence-corrected chi connectivity index (χ2v) is 8.68. The van der Waals surface area contributed by atoms with Crippen molar-refractivity contribution in [1.29, 1.82) is 0 Å². The van der Waals surface area contributed by atoms with Crippen molar-refractivity contribution in [2.75, 3.05) is 5.32 Å². The minimum absolute atomic E-state index is 0.00448. The van der Waals surface area contributed by atoms with Crippen LogP contribution in [0, 0.1) is 0 Å². The lowest BCUT2D eigenvalue weighted by atomic mass is 10.1. The average Bonchev–Trinajstić information content (AvgIpc) is 2.81. The van der Waals surface area contributed by atoms with Crippen molar-refractivity contribution in [1.82, 2.24) is 0 Å².